The number of likely N-dealkylation sites (N-methyl/N-ethyl adjacent to an activating group) is 1. The number of thioether (sulfide) groups is 1. The Morgan fingerprint density at radius 2 is 1.80 bits per heavy atom. The van der Waals surface area contributed by atoms with Gasteiger partial charge < -0.3 is 4.98 Å². The number of hydrogen-bond donors (Lipinski definition) is 1. The summed E-state index contributed by atoms with van der Waals surface area (Å²) in [5.41, 5.74) is 3.85. The molecule has 0 aliphatic carbocycles. The van der Waals surface area contributed by atoms with Crippen molar-refractivity contribution in [2.24, 2.45) is 0 Å². The van der Waals surface area contributed by atoms with Gasteiger partial charge >= 0.3 is 0 Å². The van der Waals surface area contributed by atoms with Crippen LogP contribution in [0.4, 0.5) is 0 Å². The van der Waals surface area contributed by atoms with E-state index in [0.717, 1.165) is 11.3 Å². The Bertz CT molecular complexity index is 778. The molecule has 25 heavy (non-hydrogen) atoms. The number of carbonyl (C=O) groups is 2. The Labute approximate surface area is 154 Å². The molecule has 2 aromatic rings. The van der Waals surface area contributed by atoms with Gasteiger partial charge in [-0.05, 0) is 64.3 Å². The van der Waals surface area contributed by atoms with Gasteiger partial charge in [0.2, 0.25) is 0 Å². The van der Waals surface area contributed by atoms with E-state index in [1.807, 2.05) is 32.7 Å². The minimum atomic E-state index is -0.281. The second-order valence-corrected chi connectivity index (χ2v) is 7.36. The van der Waals surface area contributed by atoms with Gasteiger partial charge in [0.05, 0.1) is 11.7 Å². The number of aromatic amines is 1. The molecule has 2 rings (SSSR count). The minimum Gasteiger partial charge on any atom is -0.355 e. The number of aromatic nitrogens is 1. The second-order valence-electron chi connectivity index (χ2n) is 6.48. The predicted octanol–water partition coefficient (Wildman–Crippen LogP) is 4.26. The molecule has 0 saturated carbocycles. The molecule has 1 atom stereocenters. The van der Waals surface area contributed by atoms with Crippen LogP contribution in [0.1, 0.15) is 51.5 Å². The molecule has 0 saturated heterocycles. The number of ketones is 2. The van der Waals surface area contributed by atoms with Crippen LogP contribution in [0, 0.1) is 13.8 Å². The normalized spacial score (nSPS) is 12.4. The number of nitrogens with one attached hydrogen (secondary N) is 1. The third-order valence-corrected chi connectivity index (χ3v) is 5.41. The summed E-state index contributed by atoms with van der Waals surface area (Å²) in [5.74, 6) is -0.00322. The van der Waals surface area contributed by atoms with Crippen molar-refractivity contribution in [3.05, 3.63) is 52.3 Å². The summed E-state index contributed by atoms with van der Waals surface area (Å²) in [6.07, 6.45) is 2.05. The fourth-order valence-corrected chi connectivity index (χ4v) is 3.50. The molecular weight excluding hydrogens is 332 g/mol. The summed E-state index contributed by atoms with van der Waals surface area (Å²) >= 11 is 1.71. The van der Waals surface area contributed by atoms with E-state index in [4.69, 9.17) is 0 Å². The maximum Gasteiger partial charge on any atom is 0.196 e. The van der Waals surface area contributed by atoms with Crippen LogP contribution >= 0.6 is 11.8 Å². The van der Waals surface area contributed by atoms with E-state index in [-0.39, 0.29) is 17.6 Å². The summed E-state index contributed by atoms with van der Waals surface area (Å²) in [5, 5.41) is 0. The lowest BCUT2D eigenvalue weighted by Crippen LogP contribution is -2.36. The van der Waals surface area contributed by atoms with Crippen LogP contribution in [0.2, 0.25) is 0 Å². The molecule has 0 amide bonds. The second kappa shape index (κ2) is 8.02. The number of carbonyl (C=O) groups excluding carboxylic acids is 2. The molecular formula is C20H26N2O2S. The maximum atomic E-state index is 12.9. The van der Waals surface area contributed by atoms with Crippen molar-refractivity contribution in [1.82, 2.24) is 9.88 Å². The van der Waals surface area contributed by atoms with E-state index in [2.05, 4.69) is 35.5 Å². The predicted molar refractivity (Wildman–Crippen MR) is 104 cm³/mol. The van der Waals surface area contributed by atoms with E-state index in [9.17, 15) is 9.59 Å². The number of benzene rings is 1. The Balaban J connectivity index is 2.15. The Morgan fingerprint density at radius 1 is 1.20 bits per heavy atom. The standard InChI is InChI=1S/C20H26N2O2S/c1-12-18(15(4)23)13(2)21-19(12)20(24)14(3)22(5)11-16-7-9-17(25-6)10-8-16/h7-10,14,21H,11H2,1-6H3/t14-/m1/s1. The van der Waals surface area contributed by atoms with Crippen LogP contribution in [-0.4, -0.2) is 40.8 Å². The van der Waals surface area contributed by atoms with Crippen molar-refractivity contribution < 1.29 is 9.59 Å². The van der Waals surface area contributed by atoms with E-state index < -0.39 is 0 Å². The van der Waals surface area contributed by atoms with Crippen molar-refractivity contribution in [3.63, 3.8) is 0 Å². The van der Waals surface area contributed by atoms with Gasteiger partial charge in [-0.3, -0.25) is 14.5 Å². The first-order valence-electron chi connectivity index (χ1n) is 8.33. The summed E-state index contributed by atoms with van der Waals surface area (Å²) in [4.78, 5) is 31.0. The fourth-order valence-electron chi connectivity index (χ4n) is 3.09. The number of aryl methyl sites for hydroxylation is 1. The highest BCUT2D eigenvalue weighted by Gasteiger charge is 2.25. The number of H-pyrrole nitrogens is 1. The molecule has 1 aromatic heterocycles. The Kier molecular flexibility index (Phi) is 6.25. The average Bonchev–Trinajstić information content (AvgIpc) is 2.88. The molecule has 0 spiro atoms. The van der Waals surface area contributed by atoms with Gasteiger partial charge in [-0.25, -0.2) is 0 Å². The first-order valence-corrected chi connectivity index (χ1v) is 9.56. The molecule has 5 heteroatoms. The highest BCUT2D eigenvalue weighted by molar-refractivity contribution is 7.98. The van der Waals surface area contributed by atoms with Crippen LogP contribution in [-0.2, 0) is 6.54 Å². The highest BCUT2D eigenvalue weighted by atomic mass is 32.2. The molecule has 4 nitrogen and oxygen atoms in total. The molecule has 1 heterocycles. The molecule has 0 bridgehead atoms. The number of nitrogens with zero attached hydrogens (tertiary/aromatic N) is 1. The number of Topliss-reactive ketones (excluding diaryl/α,β-unsaturated/α-hetero) is 2. The molecule has 0 fully saturated rings. The summed E-state index contributed by atoms with van der Waals surface area (Å²) in [6, 6.07) is 8.10. The van der Waals surface area contributed by atoms with Crippen LogP contribution in [0.25, 0.3) is 0 Å². The summed E-state index contributed by atoms with van der Waals surface area (Å²) in [6.45, 7) is 7.80. The van der Waals surface area contributed by atoms with Crippen molar-refractivity contribution in [1.29, 1.82) is 0 Å². The molecule has 0 aliphatic heterocycles. The SMILES string of the molecule is CSc1ccc(CN(C)[C@H](C)C(=O)c2[nH]c(C)c(C(C)=O)c2C)cc1. The van der Waals surface area contributed by atoms with E-state index >= 15 is 0 Å². The largest absolute Gasteiger partial charge is 0.355 e. The molecule has 1 aromatic carbocycles. The van der Waals surface area contributed by atoms with Crippen molar-refractivity contribution in [3.8, 4) is 0 Å². The van der Waals surface area contributed by atoms with Crippen LogP contribution < -0.4 is 0 Å². The lowest BCUT2D eigenvalue weighted by Gasteiger charge is -2.23. The van der Waals surface area contributed by atoms with Crippen LogP contribution in [0.15, 0.2) is 29.2 Å². The molecule has 1 N–H and O–H groups in total. The van der Waals surface area contributed by atoms with Gasteiger partial charge in [0.25, 0.3) is 0 Å². The van der Waals surface area contributed by atoms with Gasteiger partial charge in [-0.2, -0.15) is 0 Å². The maximum absolute atomic E-state index is 12.9. The summed E-state index contributed by atoms with van der Waals surface area (Å²) < 4.78 is 0. The molecule has 0 aliphatic rings. The third-order valence-electron chi connectivity index (χ3n) is 4.67. The Hall–Kier alpha value is -1.85. The molecule has 0 radical (unpaired) electrons. The highest BCUT2D eigenvalue weighted by Crippen LogP contribution is 2.21. The first-order chi connectivity index (χ1) is 11.8. The van der Waals surface area contributed by atoms with Gasteiger partial charge in [0.1, 0.15) is 0 Å². The summed E-state index contributed by atoms with van der Waals surface area (Å²) in [7, 11) is 1.95. The van der Waals surface area contributed by atoms with E-state index in [1.165, 1.54) is 17.4 Å². The monoisotopic (exact) mass is 358 g/mol. The zero-order chi connectivity index (χ0) is 18.7. The minimum absolute atomic E-state index is 0.0105. The van der Waals surface area contributed by atoms with Gasteiger partial charge in [0.15, 0.2) is 11.6 Å². The fraction of sp³-hybridized carbons (Fsp3) is 0.400. The van der Waals surface area contributed by atoms with E-state index in [1.54, 1.807) is 11.8 Å². The Morgan fingerprint density at radius 3 is 2.28 bits per heavy atom. The van der Waals surface area contributed by atoms with Crippen molar-refractivity contribution in [2.45, 2.75) is 45.2 Å². The van der Waals surface area contributed by atoms with Crippen molar-refractivity contribution in [2.75, 3.05) is 13.3 Å². The zero-order valence-electron chi connectivity index (χ0n) is 15.8. The van der Waals surface area contributed by atoms with Crippen LogP contribution in [0.3, 0.4) is 0 Å². The number of rotatable bonds is 7. The lowest BCUT2D eigenvalue weighted by molar-refractivity contribution is 0.0856. The zero-order valence-corrected chi connectivity index (χ0v) is 16.6. The molecule has 0 unspecified atom stereocenters. The van der Waals surface area contributed by atoms with E-state index in [0.29, 0.717) is 17.8 Å². The third kappa shape index (κ3) is 4.22. The topological polar surface area (TPSA) is 53.2 Å². The lowest BCUT2D eigenvalue weighted by atomic mass is 10.0. The van der Waals surface area contributed by atoms with Gasteiger partial charge in [-0.15, -0.1) is 11.8 Å². The van der Waals surface area contributed by atoms with Crippen LogP contribution in [0.5, 0.6) is 0 Å². The van der Waals surface area contributed by atoms with Crippen molar-refractivity contribution >= 4 is 23.3 Å². The average molecular weight is 359 g/mol. The first kappa shape index (κ1) is 19.5. The van der Waals surface area contributed by atoms with Gasteiger partial charge in [0, 0.05) is 22.7 Å². The number of hydrogen-bond acceptors (Lipinski definition) is 4. The molecule has 134 valence electrons. The van der Waals surface area contributed by atoms with Gasteiger partial charge in [-0.1, -0.05) is 12.1 Å². The smallest absolute Gasteiger partial charge is 0.196 e. The quantitative estimate of drug-likeness (QED) is 0.593.